The monoisotopic (exact) mass is 384 g/mol. The van der Waals surface area contributed by atoms with Gasteiger partial charge < -0.3 is 5.73 Å². The van der Waals surface area contributed by atoms with Gasteiger partial charge in [-0.3, -0.25) is 4.79 Å². The molecule has 128 valence electrons. The smallest absolute Gasteiger partial charge is 0.240 e. The maximum absolute atomic E-state index is 12.3. The molecule has 0 aliphatic carbocycles. The summed E-state index contributed by atoms with van der Waals surface area (Å²) in [5, 5.41) is -0.161. The highest BCUT2D eigenvalue weighted by Gasteiger charge is 2.27. The third-order valence-corrected chi connectivity index (χ3v) is 5.63. The van der Waals surface area contributed by atoms with Crippen LogP contribution in [0.5, 0.6) is 0 Å². The van der Waals surface area contributed by atoms with Crippen molar-refractivity contribution >= 4 is 40.2 Å². The molecule has 24 heavy (non-hydrogen) atoms. The molecule has 0 aliphatic rings. The van der Waals surface area contributed by atoms with Gasteiger partial charge in [-0.15, -0.1) is 0 Å². The lowest BCUT2D eigenvalue weighted by Gasteiger charge is -2.21. The summed E-state index contributed by atoms with van der Waals surface area (Å²) in [7, 11) is -3.72. The van der Waals surface area contributed by atoms with Crippen LogP contribution in [-0.4, -0.2) is 26.1 Å². The highest BCUT2D eigenvalue weighted by atomic mass is 35.5. The first-order valence-corrected chi connectivity index (χ1v) is 9.46. The second kappa shape index (κ2) is 8.02. The molecule has 2 aromatic carbocycles. The first-order chi connectivity index (χ1) is 11.3. The van der Waals surface area contributed by atoms with E-state index in [2.05, 4.69) is 17.4 Å². The summed E-state index contributed by atoms with van der Waals surface area (Å²) in [5.41, 5.74) is 6.15. The number of sulfonamides is 1. The Morgan fingerprint density at radius 2 is 1.71 bits per heavy atom. The summed E-state index contributed by atoms with van der Waals surface area (Å²) in [5.74, 6) is -1.27. The van der Waals surface area contributed by atoms with Crippen LogP contribution in [0.15, 0.2) is 59.5 Å². The number of amides is 1. The molecule has 0 aromatic heterocycles. The molecule has 5 nitrogen and oxygen atoms in total. The van der Waals surface area contributed by atoms with Gasteiger partial charge in [-0.25, -0.2) is 13.1 Å². The van der Waals surface area contributed by atoms with Crippen LogP contribution in [0.2, 0.25) is 5.02 Å². The number of nitrogens with one attached hydrogen (secondary N) is 1. The zero-order valence-electron chi connectivity index (χ0n) is 12.6. The van der Waals surface area contributed by atoms with Gasteiger partial charge in [-0.2, -0.15) is 12.6 Å². The van der Waals surface area contributed by atoms with Crippen LogP contribution < -0.4 is 10.5 Å². The fourth-order valence-corrected chi connectivity index (χ4v) is 3.97. The summed E-state index contributed by atoms with van der Waals surface area (Å²) >= 11 is 10.1. The largest absolute Gasteiger partial charge is 0.369 e. The van der Waals surface area contributed by atoms with E-state index >= 15 is 0 Å². The summed E-state index contributed by atoms with van der Waals surface area (Å²) in [6.45, 7) is -0.0451. The molecule has 0 fully saturated rings. The van der Waals surface area contributed by atoms with Crippen molar-refractivity contribution in [2.45, 2.75) is 16.1 Å². The number of hydrogen-bond acceptors (Lipinski definition) is 4. The lowest BCUT2D eigenvalue weighted by Crippen LogP contribution is -2.37. The molecule has 2 rings (SSSR count). The summed E-state index contributed by atoms with van der Waals surface area (Å²) < 4.78 is 27.0. The van der Waals surface area contributed by atoms with Gasteiger partial charge in [0, 0.05) is 16.8 Å². The van der Waals surface area contributed by atoms with E-state index < -0.39 is 27.1 Å². The number of thiol groups is 1. The van der Waals surface area contributed by atoms with Crippen molar-refractivity contribution in [2.75, 3.05) is 6.54 Å². The summed E-state index contributed by atoms with van der Waals surface area (Å²) in [4.78, 5) is 11.8. The molecule has 8 heteroatoms. The molecular formula is C16H17ClN2O3S2. The number of nitrogens with two attached hydrogens (primary N) is 1. The minimum absolute atomic E-state index is 0.0451. The normalized spacial score (nSPS) is 14.1. The van der Waals surface area contributed by atoms with Crippen molar-refractivity contribution < 1.29 is 13.2 Å². The van der Waals surface area contributed by atoms with Crippen molar-refractivity contribution in [3.63, 3.8) is 0 Å². The Morgan fingerprint density at radius 3 is 2.25 bits per heavy atom. The lowest BCUT2D eigenvalue weighted by molar-refractivity contribution is -0.119. The van der Waals surface area contributed by atoms with Crippen LogP contribution >= 0.6 is 24.2 Å². The van der Waals surface area contributed by atoms with Crippen LogP contribution in [0.3, 0.4) is 0 Å². The molecule has 0 radical (unpaired) electrons. The van der Waals surface area contributed by atoms with Crippen LogP contribution in [0, 0.1) is 0 Å². The second-order valence-corrected chi connectivity index (χ2v) is 8.03. The number of benzene rings is 2. The number of hydrogen-bond donors (Lipinski definition) is 3. The highest BCUT2D eigenvalue weighted by molar-refractivity contribution is 7.89. The second-order valence-electron chi connectivity index (χ2n) is 5.16. The average molecular weight is 385 g/mol. The standard InChI is InChI=1S/C16H17ClN2O3S2/c17-12-6-8-13(9-7-12)24(21,22)19-10-14(23)15(16(18)20)11-4-2-1-3-5-11/h1-9,14-15,19,23H,10H2,(H2,18,20). The number of halogens is 1. The van der Waals surface area contributed by atoms with Gasteiger partial charge in [0.2, 0.25) is 15.9 Å². The Labute approximate surface area is 151 Å². The van der Waals surface area contributed by atoms with Gasteiger partial charge >= 0.3 is 0 Å². The SMILES string of the molecule is NC(=O)C(c1ccccc1)C(S)CNS(=O)(=O)c1ccc(Cl)cc1. The summed E-state index contributed by atoms with van der Waals surface area (Å²) in [6.07, 6.45) is 0. The fourth-order valence-electron chi connectivity index (χ4n) is 2.25. The molecule has 3 N–H and O–H groups in total. The predicted octanol–water partition coefficient (Wildman–Crippen LogP) is 2.19. The molecule has 0 aliphatic heterocycles. The fraction of sp³-hybridized carbons (Fsp3) is 0.188. The van der Waals surface area contributed by atoms with Crippen molar-refractivity contribution in [2.24, 2.45) is 5.73 Å². The van der Waals surface area contributed by atoms with E-state index in [1.807, 2.05) is 6.07 Å². The van der Waals surface area contributed by atoms with Gasteiger partial charge in [0.15, 0.2) is 0 Å². The van der Waals surface area contributed by atoms with E-state index in [0.29, 0.717) is 10.6 Å². The van der Waals surface area contributed by atoms with Gasteiger partial charge in [0.05, 0.1) is 10.8 Å². The average Bonchev–Trinajstić information content (AvgIpc) is 2.54. The molecule has 0 spiro atoms. The zero-order chi connectivity index (χ0) is 17.7. The van der Waals surface area contributed by atoms with Crippen LogP contribution in [0.4, 0.5) is 0 Å². The summed E-state index contributed by atoms with van der Waals surface area (Å²) in [6, 6.07) is 14.7. The predicted molar refractivity (Wildman–Crippen MR) is 97.8 cm³/mol. The van der Waals surface area contributed by atoms with E-state index in [1.54, 1.807) is 24.3 Å². The number of carbonyl (C=O) groups excluding carboxylic acids is 1. The molecule has 2 aromatic rings. The maximum Gasteiger partial charge on any atom is 0.240 e. The molecule has 0 bridgehead atoms. The molecule has 2 unspecified atom stereocenters. The van der Waals surface area contributed by atoms with Crippen molar-refractivity contribution in [1.29, 1.82) is 0 Å². The number of rotatable bonds is 7. The lowest BCUT2D eigenvalue weighted by atomic mass is 9.95. The minimum atomic E-state index is -3.72. The molecule has 2 atom stereocenters. The highest BCUT2D eigenvalue weighted by Crippen LogP contribution is 2.23. The van der Waals surface area contributed by atoms with Gasteiger partial charge in [-0.1, -0.05) is 41.9 Å². The van der Waals surface area contributed by atoms with Crippen LogP contribution in [0.25, 0.3) is 0 Å². The Balaban J connectivity index is 2.11. The Morgan fingerprint density at radius 1 is 1.12 bits per heavy atom. The Kier molecular flexibility index (Phi) is 6.28. The van der Waals surface area contributed by atoms with E-state index in [-0.39, 0.29) is 11.4 Å². The molecule has 0 saturated carbocycles. The van der Waals surface area contributed by atoms with Crippen molar-refractivity contribution in [3.05, 3.63) is 65.2 Å². The Bertz CT molecular complexity index is 796. The van der Waals surface area contributed by atoms with E-state index in [4.69, 9.17) is 17.3 Å². The molecule has 0 heterocycles. The maximum atomic E-state index is 12.3. The molecular weight excluding hydrogens is 368 g/mol. The quantitative estimate of drug-likeness (QED) is 0.639. The van der Waals surface area contributed by atoms with Gasteiger partial charge in [-0.05, 0) is 29.8 Å². The van der Waals surface area contributed by atoms with Gasteiger partial charge in [0.25, 0.3) is 0 Å². The van der Waals surface area contributed by atoms with E-state index in [0.717, 1.165) is 0 Å². The minimum Gasteiger partial charge on any atom is -0.369 e. The zero-order valence-corrected chi connectivity index (χ0v) is 15.1. The third kappa shape index (κ3) is 4.73. The first kappa shape index (κ1) is 18.8. The van der Waals surface area contributed by atoms with Gasteiger partial charge in [0.1, 0.15) is 0 Å². The Hall–Kier alpha value is -1.54. The molecule has 0 saturated heterocycles. The third-order valence-electron chi connectivity index (χ3n) is 3.46. The van der Waals surface area contributed by atoms with E-state index in [9.17, 15) is 13.2 Å². The van der Waals surface area contributed by atoms with Crippen LogP contribution in [-0.2, 0) is 14.8 Å². The van der Waals surface area contributed by atoms with E-state index in [1.165, 1.54) is 24.3 Å². The topological polar surface area (TPSA) is 89.3 Å². The number of carbonyl (C=O) groups is 1. The molecule has 1 amide bonds. The van der Waals surface area contributed by atoms with Crippen molar-refractivity contribution in [1.82, 2.24) is 4.72 Å². The van der Waals surface area contributed by atoms with Crippen LogP contribution in [0.1, 0.15) is 11.5 Å². The number of primary amides is 1. The van der Waals surface area contributed by atoms with Crippen molar-refractivity contribution in [3.8, 4) is 0 Å². The first-order valence-electron chi connectivity index (χ1n) is 7.09.